The van der Waals surface area contributed by atoms with Crippen LogP contribution in [0.5, 0.6) is 11.5 Å². The second-order valence-electron chi connectivity index (χ2n) is 6.81. The second kappa shape index (κ2) is 6.69. The fourth-order valence-electron chi connectivity index (χ4n) is 2.99. The van der Waals surface area contributed by atoms with Crippen LogP contribution in [0.2, 0.25) is 0 Å². The van der Waals surface area contributed by atoms with Crippen LogP contribution in [0.1, 0.15) is 58.6 Å². The highest BCUT2D eigenvalue weighted by molar-refractivity contribution is 5.44. The van der Waals surface area contributed by atoms with Crippen LogP contribution in [0.4, 0.5) is 0 Å². The van der Waals surface area contributed by atoms with Crippen molar-refractivity contribution < 1.29 is 9.47 Å². The lowest BCUT2D eigenvalue weighted by atomic mass is 9.90. The molecule has 0 aliphatic carbocycles. The highest BCUT2D eigenvalue weighted by Crippen LogP contribution is 2.41. The molecule has 118 valence electrons. The first-order valence-corrected chi connectivity index (χ1v) is 8.08. The summed E-state index contributed by atoms with van der Waals surface area (Å²) in [6.07, 6.45) is 3.39. The summed E-state index contributed by atoms with van der Waals surface area (Å²) < 4.78 is 12.0. The van der Waals surface area contributed by atoms with E-state index in [0.717, 1.165) is 24.5 Å². The highest BCUT2D eigenvalue weighted by Gasteiger charge is 2.33. The molecule has 1 aromatic carbocycles. The maximum atomic E-state index is 6.13. The van der Waals surface area contributed by atoms with Crippen LogP contribution in [-0.2, 0) is 0 Å². The van der Waals surface area contributed by atoms with Crippen molar-refractivity contribution in [1.82, 2.24) is 5.32 Å². The molecule has 2 rings (SSSR count). The van der Waals surface area contributed by atoms with E-state index in [4.69, 9.17) is 9.47 Å². The quantitative estimate of drug-likeness (QED) is 0.846. The fraction of sp³-hybridized carbons (Fsp3) is 0.667. The normalized spacial score (nSPS) is 21.3. The summed E-state index contributed by atoms with van der Waals surface area (Å²) in [6.45, 7) is 9.49. The number of ether oxygens (including phenoxy) is 2. The van der Waals surface area contributed by atoms with Crippen molar-refractivity contribution in [3.05, 3.63) is 23.8 Å². The predicted molar refractivity (Wildman–Crippen MR) is 87.1 cm³/mol. The average molecular weight is 291 g/mol. The minimum Gasteiger partial charge on any atom is -0.493 e. The zero-order valence-corrected chi connectivity index (χ0v) is 14.0. The Bertz CT molecular complexity index is 470. The molecule has 2 unspecified atom stereocenters. The van der Waals surface area contributed by atoms with E-state index in [1.165, 1.54) is 18.4 Å². The zero-order chi connectivity index (χ0) is 15.5. The van der Waals surface area contributed by atoms with E-state index in [-0.39, 0.29) is 5.60 Å². The van der Waals surface area contributed by atoms with Gasteiger partial charge in [0, 0.05) is 24.1 Å². The van der Waals surface area contributed by atoms with E-state index in [2.05, 4.69) is 45.1 Å². The fourth-order valence-corrected chi connectivity index (χ4v) is 2.99. The number of nitrogens with one attached hydrogen (secondary N) is 1. The lowest BCUT2D eigenvalue weighted by Crippen LogP contribution is -2.38. The van der Waals surface area contributed by atoms with Gasteiger partial charge in [-0.3, -0.25) is 0 Å². The predicted octanol–water partition coefficient (Wildman–Crippen LogP) is 4.32. The van der Waals surface area contributed by atoms with Crippen molar-refractivity contribution >= 4 is 0 Å². The first-order valence-electron chi connectivity index (χ1n) is 8.08. The maximum absolute atomic E-state index is 6.13. The third-order valence-corrected chi connectivity index (χ3v) is 4.11. The van der Waals surface area contributed by atoms with Gasteiger partial charge in [-0.2, -0.15) is 0 Å². The Morgan fingerprint density at radius 3 is 2.86 bits per heavy atom. The van der Waals surface area contributed by atoms with E-state index in [1.807, 2.05) is 13.1 Å². The van der Waals surface area contributed by atoms with Gasteiger partial charge in [-0.1, -0.05) is 26.3 Å². The van der Waals surface area contributed by atoms with Crippen LogP contribution in [0.25, 0.3) is 0 Å². The molecule has 1 aliphatic rings. The Balaban J connectivity index is 2.11. The first kappa shape index (κ1) is 16.2. The molecule has 0 saturated heterocycles. The van der Waals surface area contributed by atoms with Gasteiger partial charge in [0.2, 0.25) is 0 Å². The average Bonchev–Trinajstić information content (AvgIpc) is 2.43. The van der Waals surface area contributed by atoms with Gasteiger partial charge < -0.3 is 14.8 Å². The Labute approximate surface area is 129 Å². The van der Waals surface area contributed by atoms with Gasteiger partial charge in [0.05, 0.1) is 6.61 Å². The van der Waals surface area contributed by atoms with E-state index >= 15 is 0 Å². The molecule has 0 radical (unpaired) electrons. The minimum atomic E-state index is -0.144. The zero-order valence-electron chi connectivity index (χ0n) is 14.0. The summed E-state index contributed by atoms with van der Waals surface area (Å²) in [5.41, 5.74) is 1.08. The SMILES string of the molecule is CCCC(C)COc1ccc2c(c1)OC(C)(C)CC2NC. The molecule has 1 aliphatic heterocycles. The summed E-state index contributed by atoms with van der Waals surface area (Å²) in [4.78, 5) is 0. The van der Waals surface area contributed by atoms with Crippen LogP contribution in [-0.4, -0.2) is 19.3 Å². The van der Waals surface area contributed by atoms with Crippen LogP contribution >= 0.6 is 0 Å². The Hall–Kier alpha value is -1.22. The van der Waals surface area contributed by atoms with Crippen molar-refractivity contribution in [2.24, 2.45) is 5.92 Å². The van der Waals surface area contributed by atoms with E-state index in [0.29, 0.717) is 12.0 Å². The number of benzene rings is 1. The molecule has 0 fully saturated rings. The highest BCUT2D eigenvalue weighted by atomic mass is 16.5. The van der Waals surface area contributed by atoms with E-state index in [9.17, 15) is 0 Å². The van der Waals surface area contributed by atoms with Crippen molar-refractivity contribution in [3.63, 3.8) is 0 Å². The van der Waals surface area contributed by atoms with Crippen molar-refractivity contribution in [3.8, 4) is 11.5 Å². The van der Waals surface area contributed by atoms with Gasteiger partial charge in [0.25, 0.3) is 0 Å². The first-order chi connectivity index (χ1) is 9.95. The van der Waals surface area contributed by atoms with Crippen molar-refractivity contribution in [2.75, 3.05) is 13.7 Å². The molecule has 0 aromatic heterocycles. The summed E-state index contributed by atoms with van der Waals surface area (Å²) in [5.74, 6) is 2.45. The molecular weight excluding hydrogens is 262 g/mol. The van der Waals surface area contributed by atoms with E-state index < -0.39 is 0 Å². The molecule has 3 heteroatoms. The standard InChI is InChI=1S/C18H29NO2/c1-6-7-13(2)12-20-14-8-9-15-16(19-5)11-18(3,4)21-17(15)10-14/h8-10,13,16,19H,6-7,11-12H2,1-5H3. The monoisotopic (exact) mass is 291 g/mol. The van der Waals surface area contributed by atoms with Crippen LogP contribution in [0.3, 0.4) is 0 Å². The lowest BCUT2D eigenvalue weighted by molar-refractivity contribution is 0.0670. The Morgan fingerprint density at radius 2 is 2.19 bits per heavy atom. The summed E-state index contributed by atoms with van der Waals surface area (Å²) >= 11 is 0. The summed E-state index contributed by atoms with van der Waals surface area (Å²) in [7, 11) is 2.01. The molecule has 0 spiro atoms. The molecular formula is C18H29NO2. The number of rotatable bonds is 6. The number of hydrogen-bond acceptors (Lipinski definition) is 3. The second-order valence-corrected chi connectivity index (χ2v) is 6.81. The van der Waals surface area contributed by atoms with Crippen molar-refractivity contribution in [1.29, 1.82) is 0 Å². The third-order valence-electron chi connectivity index (χ3n) is 4.11. The summed E-state index contributed by atoms with van der Waals surface area (Å²) in [5, 5.41) is 3.38. The molecule has 2 atom stereocenters. The maximum Gasteiger partial charge on any atom is 0.128 e. The summed E-state index contributed by atoms with van der Waals surface area (Å²) in [6, 6.07) is 6.57. The van der Waals surface area contributed by atoms with Crippen LogP contribution < -0.4 is 14.8 Å². The van der Waals surface area contributed by atoms with Gasteiger partial charge in [0.15, 0.2) is 0 Å². The Kier molecular flexibility index (Phi) is 5.15. The molecule has 1 aromatic rings. The van der Waals surface area contributed by atoms with Gasteiger partial charge in [-0.05, 0) is 39.3 Å². The topological polar surface area (TPSA) is 30.5 Å². The molecule has 21 heavy (non-hydrogen) atoms. The molecule has 1 N–H and O–H groups in total. The smallest absolute Gasteiger partial charge is 0.128 e. The molecule has 0 amide bonds. The van der Waals surface area contributed by atoms with Gasteiger partial charge >= 0.3 is 0 Å². The molecule has 1 heterocycles. The largest absolute Gasteiger partial charge is 0.493 e. The van der Waals surface area contributed by atoms with Crippen LogP contribution in [0.15, 0.2) is 18.2 Å². The third kappa shape index (κ3) is 4.13. The molecule has 3 nitrogen and oxygen atoms in total. The molecule has 0 saturated carbocycles. The van der Waals surface area contributed by atoms with Crippen molar-refractivity contribution in [2.45, 2.75) is 58.6 Å². The molecule has 0 bridgehead atoms. The van der Waals surface area contributed by atoms with Gasteiger partial charge in [-0.15, -0.1) is 0 Å². The van der Waals surface area contributed by atoms with Gasteiger partial charge in [0.1, 0.15) is 17.1 Å². The minimum absolute atomic E-state index is 0.144. The van der Waals surface area contributed by atoms with Gasteiger partial charge in [-0.25, -0.2) is 0 Å². The number of hydrogen-bond donors (Lipinski definition) is 1. The van der Waals surface area contributed by atoms with E-state index in [1.54, 1.807) is 0 Å². The number of fused-ring (bicyclic) bond motifs is 1. The lowest BCUT2D eigenvalue weighted by Gasteiger charge is -2.37. The Morgan fingerprint density at radius 1 is 1.43 bits per heavy atom. The van der Waals surface area contributed by atoms with Crippen LogP contribution in [0, 0.1) is 5.92 Å².